The zero-order chi connectivity index (χ0) is 15.2. The van der Waals surface area contributed by atoms with Crippen molar-refractivity contribution in [2.45, 2.75) is 50.7 Å². The van der Waals surface area contributed by atoms with E-state index >= 15 is 0 Å². The zero-order valence-corrected chi connectivity index (χ0v) is 13.2. The number of aliphatic hydroxyl groups excluding tert-OH is 1. The van der Waals surface area contributed by atoms with Crippen LogP contribution in [0.5, 0.6) is 5.75 Å². The van der Waals surface area contributed by atoms with Crippen LogP contribution in [0.25, 0.3) is 0 Å². The van der Waals surface area contributed by atoms with Gasteiger partial charge in [-0.15, -0.1) is 0 Å². The van der Waals surface area contributed by atoms with E-state index in [2.05, 4.69) is 24.0 Å². The van der Waals surface area contributed by atoms with Crippen LogP contribution in [-0.2, 0) is 0 Å². The number of benzene rings is 1. The van der Waals surface area contributed by atoms with Crippen molar-refractivity contribution in [1.82, 2.24) is 4.90 Å². The number of ether oxygens (including phenoxy) is 1. The fourth-order valence-corrected chi connectivity index (χ4v) is 3.14. The van der Waals surface area contributed by atoms with Gasteiger partial charge in [0.2, 0.25) is 0 Å². The maximum absolute atomic E-state index is 9.18. The highest BCUT2D eigenvalue weighted by Crippen LogP contribution is 2.34. The molecule has 0 aliphatic heterocycles. The molecule has 21 heavy (non-hydrogen) atoms. The lowest BCUT2D eigenvalue weighted by molar-refractivity contribution is 0.0612. The van der Waals surface area contributed by atoms with Crippen molar-refractivity contribution in [3.63, 3.8) is 0 Å². The number of hydrogen-bond acceptors (Lipinski definition) is 4. The molecule has 0 bridgehead atoms. The Morgan fingerprint density at radius 3 is 2.71 bits per heavy atom. The van der Waals surface area contributed by atoms with Gasteiger partial charge in [0, 0.05) is 25.2 Å². The first kappa shape index (κ1) is 16.3. The van der Waals surface area contributed by atoms with E-state index in [1.54, 1.807) is 7.11 Å². The highest BCUT2D eigenvalue weighted by molar-refractivity contribution is 5.31. The van der Waals surface area contributed by atoms with Gasteiger partial charge in [0.25, 0.3) is 0 Å². The van der Waals surface area contributed by atoms with Gasteiger partial charge in [-0.25, -0.2) is 0 Å². The molecular formula is C17H28N2O2. The molecule has 4 heteroatoms. The molecule has 0 aromatic heterocycles. The van der Waals surface area contributed by atoms with Crippen LogP contribution >= 0.6 is 0 Å². The van der Waals surface area contributed by atoms with Gasteiger partial charge in [-0.1, -0.05) is 18.6 Å². The summed E-state index contributed by atoms with van der Waals surface area (Å²) < 4.78 is 5.35. The molecule has 1 aromatic carbocycles. The van der Waals surface area contributed by atoms with E-state index in [1.165, 1.54) is 24.8 Å². The molecule has 0 spiro atoms. The van der Waals surface area contributed by atoms with Gasteiger partial charge in [0.15, 0.2) is 0 Å². The number of methoxy groups -OCH3 is 1. The third-order valence-corrected chi connectivity index (χ3v) is 4.41. The van der Waals surface area contributed by atoms with E-state index in [9.17, 15) is 5.11 Å². The molecule has 4 nitrogen and oxygen atoms in total. The van der Waals surface area contributed by atoms with Crippen molar-refractivity contribution in [2.24, 2.45) is 5.73 Å². The van der Waals surface area contributed by atoms with E-state index in [4.69, 9.17) is 10.5 Å². The van der Waals surface area contributed by atoms with Gasteiger partial charge in [0.05, 0.1) is 13.2 Å². The zero-order valence-electron chi connectivity index (χ0n) is 13.2. The minimum atomic E-state index is 0.0383. The van der Waals surface area contributed by atoms with Gasteiger partial charge >= 0.3 is 0 Å². The molecule has 3 N–H and O–H groups in total. The lowest BCUT2D eigenvalue weighted by Gasteiger charge is -2.44. The summed E-state index contributed by atoms with van der Waals surface area (Å²) in [4.78, 5) is 2.49. The molecule has 1 aromatic rings. The topological polar surface area (TPSA) is 58.7 Å². The third-order valence-electron chi connectivity index (χ3n) is 4.41. The number of nitrogens with zero attached hydrogens (tertiary/aromatic N) is 1. The number of rotatable bonds is 8. The fraction of sp³-hybridized carbons (Fsp3) is 0.647. The Bertz CT molecular complexity index is 433. The van der Waals surface area contributed by atoms with E-state index in [-0.39, 0.29) is 18.7 Å². The summed E-state index contributed by atoms with van der Waals surface area (Å²) in [5.74, 6) is 0.869. The molecule has 1 saturated carbocycles. The SMILES string of the molecule is COc1cccc(C(C(C)N)N(CCCO)C2CCC2)c1. The lowest BCUT2D eigenvalue weighted by Crippen LogP contribution is -2.48. The second kappa shape index (κ2) is 7.78. The smallest absolute Gasteiger partial charge is 0.119 e. The Kier molecular flexibility index (Phi) is 6.03. The summed E-state index contributed by atoms with van der Waals surface area (Å²) in [6.45, 7) is 3.19. The molecule has 118 valence electrons. The van der Waals surface area contributed by atoms with Crippen LogP contribution in [0.1, 0.15) is 44.2 Å². The van der Waals surface area contributed by atoms with E-state index in [1.807, 2.05) is 12.1 Å². The van der Waals surface area contributed by atoms with E-state index in [0.717, 1.165) is 18.7 Å². The van der Waals surface area contributed by atoms with Gasteiger partial charge < -0.3 is 15.6 Å². The summed E-state index contributed by atoms with van der Waals surface area (Å²) in [7, 11) is 1.69. The monoisotopic (exact) mass is 292 g/mol. The lowest BCUT2D eigenvalue weighted by atomic mass is 9.87. The summed E-state index contributed by atoms with van der Waals surface area (Å²) >= 11 is 0. The highest BCUT2D eigenvalue weighted by Gasteiger charge is 2.33. The summed E-state index contributed by atoms with van der Waals surface area (Å²) in [5, 5.41) is 9.18. The maximum Gasteiger partial charge on any atom is 0.119 e. The standard InChI is InChI=1S/C17H28N2O2/c1-13(18)17(14-6-3-9-16(12-14)21-2)19(10-5-11-20)15-7-4-8-15/h3,6,9,12-13,15,17,20H,4-5,7-8,10-11,18H2,1-2H3. The summed E-state index contributed by atoms with van der Waals surface area (Å²) in [6, 6.07) is 9.00. The van der Waals surface area contributed by atoms with Crippen LogP contribution in [0, 0.1) is 0 Å². The van der Waals surface area contributed by atoms with E-state index < -0.39 is 0 Å². The van der Waals surface area contributed by atoms with Crippen molar-refractivity contribution >= 4 is 0 Å². The van der Waals surface area contributed by atoms with Crippen LogP contribution in [0.2, 0.25) is 0 Å². The average molecular weight is 292 g/mol. The van der Waals surface area contributed by atoms with Gasteiger partial charge in [0.1, 0.15) is 5.75 Å². The van der Waals surface area contributed by atoms with Crippen molar-refractivity contribution in [1.29, 1.82) is 0 Å². The second-order valence-corrected chi connectivity index (χ2v) is 5.98. The van der Waals surface area contributed by atoms with Crippen molar-refractivity contribution in [2.75, 3.05) is 20.3 Å². The van der Waals surface area contributed by atoms with Crippen molar-refractivity contribution in [3.05, 3.63) is 29.8 Å². The molecule has 0 amide bonds. The van der Waals surface area contributed by atoms with Crippen LogP contribution < -0.4 is 10.5 Å². The first-order valence-corrected chi connectivity index (χ1v) is 7.93. The molecule has 1 aliphatic rings. The Morgan fingerprint density at radius 2 is 2.19 bits per heavy atom. The van der Waals surface area contributed by atoms with Crippen LogP contribution in [0.4, 0.5) is 0 Å². The molecule has 0 saturated heterocycles. The predicted octanol–water partition coefficient (Wildman–Crippen LogP) is 2.32. The molecule has 2 rings (SSSR count). The van der Waals surface area contributed by atoms with Gasteiger partial charge in [-0.05, 0) is 43.9 Å². The molecule has 0 radical (unpaired) electrons. The van der Waals surface area contributed by atoms with Crippen molar-refractivity contribution < 1.29 is 9.84 Å². The third kappa shape index (κ3) is 3.96. The van der Waals surface area contributed by atoms with Gasteiger partial charge in [-0.2, -0.15) is 0 Å². The molecule has 0 heterocycles. The molecule has 2 atom stereocenters. The quantitative estimate of drug-likeness (QED) is 0.772. The summed E-state index contributed by atoms with van der Waals surface area (Å²) in [5.41, 5.74) is 7.51. The maximum atomic E-state index is 9.18. The van der Waals surface area contributed by atoms with Crippen LogP contribution in [0.15, 0.2) is 24.3 Å². The first-order valence-electron chi connectivity index (χ1n) is 7.93. The predicted molar refractivity (Wildman–Crippen MR) is 85.4 cm³/mol. The Labute approximate surface area is 127 Å². The first-order chi connectivity index (χ1) is 10.2. The molecule has 1 fully saturated rings. The van der Waals surface area contributed by atoms with Crippen LogP contribution in [0.3, 0.4) is 0 Å². The Balaban J connectivity index is 2.24. The number of nitrogens with two attached hydrogens (primary N) is 1. The second-order valence-electron chi connectivity index (χ2n) is 5.98. The van der Waals surface area contributed by atoms with Crippen molar-refractivity contribution in [3.8, 4) is 5.75 Å². The minimum absolute atomic E-state index is 0.0383. The number of aliphatic hydroxyl groups is 1. The number of hydrogen-bond donors (Lipinski definition) is 2. The largest absolute Gasteiger partial charge is 0.497 e. The molecular weight excluding hydrogens is 264 g/mol. The van der Waals surface area contributed by atoms with Gasteiger partial charge in [-0.3, -0.25) is 4.90 Å². The Hall–Kier alpha value is -1.10. The van der Waals surface area contributed by atoms with Crippen LogP contribution in [-0.4, -0.2) is 42.4 Å². The molecule has 1 aliphatic carbocycles. The van der Waals surface area contributed by atoms with E-state index in [0.29, 0.717) is 6.04 Å². The Morgan fingerprint density at radius 1 is 1.43 bits per heavy atom. The normalized spacial score (nSPS) is 18.3. The molecule has 2 unspecified atom stereocenters. The highest BCUT2D eigenvalue weighted by atomic mass is 16.5. The summed E-state index contributed by atoms with van der Waals surface area (Å²) in [6.07, 6.45) is 4.56. The fourth-order valence-electron chi connectivity index (χ4n) is 3.14. The average Bonchev–Trinajstić information content (AvgIpc) is 2.42. The minimum Gasteiger partial charge on any atom is -0.497 e.